The second-order valence-electron chi connectivity index (χ2n) is 7.50. The molecule has 0 bridgehead atoms. The average molecular weight is 363 g/mol. The topological polar surface area (TPSA) is 54.2 Å². The highest BCUT2D eigenvalue weighted by Crippen LogP contribution is 2.24. The number of rotatable bonds is 9. The Kier molecular flexibility index (Phi) is 7.20. The maximum Gasteiger partial charge on any atom is 0.218 e. The SMILES string of the molecule is CN(C)CCCCCNc1ncc(/C=C/c2ncc(C(C)(C)C)o2)s1. The van der Waals surface area contributed by atoms with E-state index < -0.39 is 0 Å². The molecule has 138 valence electrons. The summed E-state index contributed by atoms with van der Waals surface area (Å²) in [4.78, 5) is 12.0. The van der Waals surface area contributed by atoms with Gasteiger partial charge in [0, 0.05) is 29.1 Å². The maximum atomic E-state index is 5.76. The molecule has 2 aromatic heterocycles. The van der Waals surface area contributed by atoms with Crippen LogP contribution in [0, 0.1) is 0 Å². The van der Waals surface area contributed by atoms with Crippen LogP contribution in [0.25, 0.3) is 12.2 Å². The molecule has 0 atom stereocenters. The molecule has 0 aliphatic rings. The molecule has 0 unspecified atom stereocenters. The van der Waals surface area contributed by atoms with E-state index in [1.165, 1.54) is 19.3 Å². The number of hydrogen-bond donors (Lipinski definition) is 1. The minimum Gasteiger partial charge on any atom is -0.441 e. The highest BCUT2D eigenvalue weighted by atomic mass is 32.1. The molecule has 0 aliphatic heterocycles. The van der Waals surface area contributed by atoms with E-state index in [-0.39, 0.29) is 5.41 Å². The molecule has 0 saturated carbocycles. The summed E-state index contributed by atoms with van der Waals surface area (Å²) in [5.41, 5.74) is -0.0206. The summed E-state index contributed by atoms with van der Waals surface area (Å²) in [6.07, 6.45) is 11.2. The van der Waals surface area contributed by atoms with Crippen molar-refractivity contribution in [2.45, 2.75) is 45.4 Å². The third-order valence-corrected chi connectivity index (χ3v) is 4.66. The lowest BCUT2D eigenvalue weighted by molar-refractivity contribution is 0.393. The lowest BCUT2D eigenvalue weighted by Crippen LogP contribution is -2.13. The van der Waals surface area contributed by atoms with Crippen LogP contribution in [0.5, 0.6) is 0 Å². The zero-order chi connectivity index (χ0) is 18.3. The summed E-state index contributed by atoms with van der Waals surface area (Å²) in [5, 5.41) is 4.36. The van der Waals surface area contributed by atoms with Gasteiger partial charge in [0.25, 0.3) is 0 Å². The van der Waals surface area contributed by atoms with Crippen molar-refractivity contribution in [3.8, 4) is 0 Å². The van der Waals surface area contributed by atoms with Crippen molar-refractivity contribution < 1.29 is 4.42 Å². The number of aromatic nitrogens is 2. The molecule has 0 spiro atoms. The first-order valence-corrected chi connectivity index (χ1v) is 9.65. The Hall–Kier alpha value is -1.66. The van der Waals surface area contributed by atoms with Crippen molar-refractivity contribution in [2.75, 3.05) is 32.5 Å². The second kappa shape index (κ2) is 9.15. The molecule has 2 heterocycles. The van der Waals surface area contributed by atoms with E-state index in [1.54, 1.807) is 17.5 Å². The first-order chi connectivity index (χ1) is 11.8. The summed E-state index contributed by atoms with van der Waals surface area (Å²) in [6, 6.07) is 0. The first-order valence-electron chi connectivity index (χ1n) is 8.83. The molecule has 0 fully saturated rings. The standard InChI is InChI=1S/C19H30N4OS/c1-19(2,3)16-14-21-17(24-16)10-9-15-13-22-18(25-15)20-11-7-6-8-12-23(4)5/h9-10,13-14H,6-8,11-12H2,1-5H3,(H,20,22)/b10-9+. The maximum absolute atomic E-state index is 5.76. The van der Waals surface area contributed by atoms with Crippen molar-refractivity contribution >= 4 is 28.6 Å². The van der Waals surface area contributed by atoms with Crippen LogP contribution in [0.2, 0.25) is 0 Å². The normalized spacial score (nSPS) is 12.4. The Morgan fingerprint density at radius 3 is 2.60 bits per heavy atom. The second-order valence-corrected chi connectivity index (χ2v) is 8.57. The van der Waals surface area contributed by atoms with Gasteiger partial charge in [0.05, 0.1) is 6.20 Å². The highest BCUT2D eigenvalue weighted by Gasteiger charge is 2.18. The summed E-state index contributed by atoms with van der Waals surface area (Å²) < 4.78 is 5.76. The quantitative estimate of drug-likeness (QED) is 0.653. The monoisotopic (exact) mass is 362 g/mol. The zero-order valence-electron chi connectivity index (χ0n) is 16.0. The summed E-state index contributed by atoms with van der Waals surface area (Å²) in [6.45, 7) is 8.47. The van der Waals surface area contributed by atoms with Crippen LogP contribution in [-0.4, -0.2) is 42.1 Å². The molecule has 1 N–H and O–H groups in total. The fraction of sp³-hybridized carbons (Fsp3) is 0.579. The Morgan fingerprint density at radius 2 is 1.92 bits per heavy atom. The number of oxazole rings is 1. The number of thiazole rings is 1. The molecule has 2 rings (SSSR count). The number of anilines is 1. The van der Waals surface area contributed by atoms with Crippen molar-refractivity contribution in [1.29, 1.82) is 0 Å². The van der Waals surface area contributed by atoms with Crippen LogP contribution < -0.4 is 5.32 Å². The Balaban J connectivity index is 1.76. The van der Waals surface area contributed by atoms with Gasteiger partial charge in [-0.05, 0) is 39.6 Å². The van der Waals surface area contributed by atoms with Crippen molar-refractivity contribution in [3.05, 3.63) is 28.9 Å². The van der Waals surface area contributed by atoms with Crippen LogP contribution in [-0.2, 0) is 5.41 Å². The predicted octanol–water partition coefficient (Wildman–Crippen LogP) is 4.74. The molecule has 0 amide bonds. The van der Waals surface area contributed by atoms with Gasteiger partial charge in [-0.2, -0.15) is 0 Å². The molecule has 6 heteroatoms. The van der Waals surface area contributed by atoms with E-state index in [0.29, 0.717) is 5.89 Å². The van der Waals surface area contributed by atoms with Gasteiger partial charge in [0.15, 0.2) is 5.13 Å². The van der Waals surface area contributed by atoms with Gasteiger partial charge in [-0.3, -0.25) is 0 Å². The Bertz CT molecular complexity index is 667. The van der Waals surface area contributed by atoms with Crippen LogP contribution in [0.4, 0.5) is 5.13 Å². The van der Waals surface area contributed by atoms with E-state index in [9.17, 15) is 0 Å². The fourth-order valence-electron chi connectivity index (χ4n) is 2.24. The van der Waals surface area contributed by atoms with Crippen molar-refractivity contribution in [3.63, 3.8) is 0 Å². The minimum atomic E-state index is -0.0206. The third-order valence-electron chi connectivity index (χ3n) is 3.73. The molecule has 5 nitrogen and oxygen atoms in total. The van der Waals surface area contributed by atoms with E-state index in [0.717, 1.165) is 28.9 Å². The molecular formula is C19H30N4OS. The molecule has 0 radical (unpaired) electrons. The molecule has 25 heavy (non-hydrogen) atoms. The molecular weight excluding hydrogens is 332 g/mol. The van der Waals surface area contributed by atoms with Gasteiger partial charge >= 0.3 is 0 Å². The average Bonchev–Trinajstić information content (AvgIpc) is 3.17. The Labute approximate surface area is 155 Å². The summed E-state index contributed by atoms with van der Waals surface area (Å²) >= 11 is 1.65. The Morgan fingerprint density at radius 1 is 1.12 bits per heavy atom. The van der Waals surface area contributed by atoms with Gasteiger partial charge in [0.1, 0.15) is 5.76 Å². The van der Waals surface area contributed by atoms with Crippen LogP contribution in [0.3, 0.4) is 0 Å². The van der Waals surface area contributed by atoms with E-state index in [2.05, 4.69) is 55.1 Å². The van der Waals surface area contributed by atoms with Crippen LogP contribution in [0.15, 0.2) is 16.8 Å². The van der Waals surface area contributed by atoms with E-state index >= 15 is 0 Å². The molecule has 0 saturated heterocycles. The van der Waals surface area contributed by atoms with E-state index in [4.69, 9.17) is 4.42 Å². The lowest BCUT2D eigenvalue weighted by Gasteiger charge is -2.12. The number of unbranched alkanes of at least 4 members (excludes halogenated alkanes) is 2. The van der Waals surface area contributed by atoms with Gasteiger partial charge in [0.2, 0.25) is 5.89 Å². The summed E-state index contributed by atoms with van der Waals surface area (Å²) in [7, 11) is 4.23. The number of nitrogens with zero attached hydrogens (tertiary/aromatic N) is 3. The number of nitrogens with one attached hydrogen (secondary N) is 1. The van der Waals surface area contributed by atoms with Crippen molar-refractivity contribution in [1.82, 2.24) is 14.9 Å². The lowest BCUT2D eigenvalue weighted by atomic mass is 9.94. The minimum absolute atomic E-state index is 0.0206. The van der Waals surface area contributed by atoms with Gasteiger partial charge in [-0.1, -0.05) is 38.5 Å². The molecule has 0 aromatic carbocycles. The van der Waals surface area contributed by atoms with Crippen LogP contribution in [0.1, 0.15) is 56.6 Å². The highest BCUT2D eigenvalue weighted by molar-refractivity contribution is 7.16. The summed E-state index contributed by atoms with van der Waals surface area (Å²) in [5.74, 6) is 1.53. The molecule has 2 aromatic rings. The predicted molar refractivity (Wildman–Crippen MR) is 107 cm³/mol. The zero-order valence-corrected chi connectivity index (χ0v) is 16.8. The van der Waals surface area contributed by atoms with Gasteiger partial charge in [-0.25, -0.2) is 9.97 Å². The largest absolute Gasteiger partial charge is 0.441 e. The van der Waals surface area contributed by atoms with Gasteiger partial charge < -0.3 is 14.6 Å². The smallest absolute Gasteiger partial charge is 0.218 e. The number of hydrogen-bond acceptors (Lipinski definition) is 6. The fourth-order valence-corrected chi connectivity index (χ4v) is 2.98. The van der Waals surface area contributed by atoms with Crippen molar-refractivity contribution in [2.24, 2.45) is 0 Å². The third kappa shape index (κ3) is 7.00. The van der Waals surface area contributed by atoms with Gasteiger partial charge in [-0.15, -0.1) is 0 Å². The molecule has 0 aliphatic carbocycles. The van der Waals surface area contributed by atoms with Crippen LogP contribution >= 0.6 is 11.3 Å². The van der Waals surface area contributed by atoms with E-state index in [1.807, 2.05) is 18.3 Å². The first kappa shape index (κ1) is 19.7.